The second kappa shape index (κ2) is 9.53. The first-order valence-corrected chi connectivity index (χ1v) is 10.4. The summed E-state index contributed by atoms with van der Waals surface area (Å²) >= 11 is 0. The number of carbonyl (C=O) groups excluding carboxylic acids is 2. The topological polar surface area (TPSA) is 111 Å². The molecule has 0 spiro atoms. The number of benzene rings is 2. The van der Waals surface area contributed by atoms with Crippen LogP contribution in [0.25, 0.3) is 0 Å². The van der Waals surface area contributed by atoms with Crippen molar-refractivity contribution in [1.29, 1.82) is 0 Å². The van der Waals surface area contributed by atoms with Crippen LogP contribution in [0.5, 0.6) is 5.75 Å². The van der Waals surface area contributed by atoms with Crippen LogP contribution in [0.2, 0.25) is 0 Å². The Bertz CT molecular complexity index is 1000. The minimum atomic E-state index is -3.94. The van der Waals surface area contributed by atoms with Gasteiger partial charge in [-0.25, -0.2) is 13.2 Å². The second-order valence-electron chi connectivity index (χ2n) is 6.23. The summed E-state index contributed by atoms with van der Waals surface area (Å²) in [5, 5.41) is 2.55. The number of amides is 1. The van der Waals surface area contributed by atoms with Gasteiger partial charge in [-0.2, -0.15) is 4.72 Å². The van der Waals surface area contributed by atoms with E-state index in [4.69, 9.17) is 4.74 Å². The van der Waals surface area contributed by atoms with Crippen LogP contribution >= 0.6 is 0 Å². The van der Waals surface area contributed by atoms with Crippen molar-refractivity contribution in [2.24, 2.45) is 0 Å². The molecule has 0 aliphatic heterocycles. The lowest BCUT2D eigenvalue weighted by atomic mass is 10.1. The third-order valence-corrected chi connectivity index (χ3v) is 5.61. The van der Waals surface area contributed by atoms with Crippen molar-refractivity contribution in [2.45, 2.75) is 31.7 Å². The molecule has 0 fully saturated rings. The first-order chi connectivity index (χ1) is 13.7. The first kappa shape index (κ1) is 22.4. The molecule has 2 rings (SSSR count). The van der Waals surface area contributed by atoms with Crippen molar-refractivity contribution in [3.63, 3.8) is 0 Å². The SMILES string of the molecule is CCOc1ccc(S(=O)(=O)N[C@@H](C)C(=O)Nc2ccccc2C(=O)OC)cc1C. The van der Waals surface area contributed by atoms with Gasteiger partial charge in [0.1, 0.15) is 5.75 Å². The number of esters is 1. The van der Waals surface area contributed by atoms with Crippen LogP contribution in [0, 0.1) is 6.92 Å². The van der Waals surface area contributed by atoms with Crippen LogP contribution in [0.3, 0.4) is 0 Å². The Morgan fingerprint density at radius 3 is 2.45 bits per heavy atom. The molecule has 0 aromatic heterocycles. The van der Waals surface area contributed by atoms with Crippen LogP contribution in [0.4, 0.5) is 5.69 Å². The van der Waals surface area contributed by atoms with Gasteiger partial charge in [-0.05, 0) is 56.7 Å². The molecule has 0 saturated heterocycles. The number of rotatable bonds is 8. The maximum absolute atomic E-state index is 12.6. The lowest BCUT2D eigenvalue weighted by molar-refractivity contribution is -0.117. The van der Waals surface area contributed by atoms with E-state index in [9.17, 15) is 18.0 Å². The first-order valence-electron chi connectivity index (χ1n) is 8.93. The predicted octanol–water partition coefficient (Wildman–Crippen LogP) is 2.49. The standard InChI is InChI=1S/C20H24N2O6S/c1-5-28-18-11-10-15(12-13(18)2)29(25,26)22-14(3)19(23)21-17-9-7-6-8-16(17)20(24)27-4/h6-12,14,22H,5H2,1-4H3,(H,21,23)/t14-/m0/s1. The summed E-state index contributed by atoms with van der Waals surface area (Å²) in [7, 11) is -2.71. The summed E-state index contributed by atoms with van der Waals surface area (Å²) in [6, 6.07) is 9.67. The number of aryl methyl sites for hydroxylation is 1. The maximum atomic E-state index is 12.6. The van der Waals surface area contributed by atoms with Gasteiger partial charge in [-0.3, -0.25) is 4.79 Å². The Hall–Kier alpha value is -2.91. The highest BCUT2D eigenvalue weighted by Gasteiger charge is 2.24. The third-order valence-electron chi connectivity index (χ3n) is 4.07. The summed E-state index contributed by atoms with van der Waals surface area (Å²) in [4.78, 5) is 24.3. The zero-order valence-corrected chi connectivity index (χ0v) is 17.5. The van der Waals surface area contributed by atoms with E-state index in [1.165, 1.54) is 38.3 Å². The monoisotopic (exact) mass is 420 g/mol. The number of para-hydroxylation sites is 1. The van der Waals surface area contributed by atoms with Crippen molar-refractivity contribution in [2.75, 3.05) is 19.0 Å². The normalized spacial score (nSPS) is 12.1. The molecule has 1 amide bonds. The fraction of sp³-hybridized carbons (Fsp3) is 0.300. The summed E-state index contributed by atoms with van der Waals surface area (Å²) < 4.78 is 37.7. The number of hydrogen-bond acceptors (Lipinski definition) is 6. The minimum Gasteiger partial charge on any atom is -0.494 e. The Morgan fingerprint density at radius 1 is 1.14 bits per heavy atom. The van der Waals surface area contributed by atoms with Crippen molar-refractivity contribution in [1.82, 2.24) is 4.72 Å². The highest BCUT2D eigenvalue weighted by atomic mass is 32.2. The van der Waals surface area contributed by atoms with Gasteiger partial charge >= 0.3 is 5.97 Å². The fourth-order valence-corrected chi connectivity index (χ4v) is 3.87. The average Bonchev–Trinajstić information content (AvgIpc) is 2.69. The van der Waals surface area contributed by atoms with Gasteiger partial charge in [0, 0.05) is 0 Å². The summed E-state index contributed by atoms with van der Waals surface area (Å²) in [5.74, 6) is -0.636. The number of hydrogen-bond donors (Lipinski definition) is 2. The lowest BCUT2D eigenvalue weighted by Crippen LogP contribution is -2.41. The Balaban J connectivity index is 2.15. The molecular formula is C20H24N2O6S. The third kappa shape index (κ3) is 5.55. The smallest absolute Gasteiger partial charge is 0.339 e. The molecule has 0 heterocycles. The number of methoxy groups -OCH3 is 1. The van der Waals surface area contributed by atoms with Gasteiger partial charge < -0.3 is 14.8 Å². The van der Waals surface area contributed by atoms with Gasteiger partial charge in [0.05, 0.1) is 35.9 Å². The van der Waals surface area contributed by atoms with E-state index in [0.29, 0.717) is 17.9 Å². The van der Waals surface area contributed by atoms with Crippen molar-refractivity contribution in [3.05, 3.63) is 53.6 Å². The molecule has 9 heteroatoms. The minimum absolute atomic E-state index is 0.0214. The van der Waals surface area contributed by atoms with Crippen LogP contribution < -0.4 is 14.8 Å². The molecule has 1 atom stereocenters. The number of sulfonamides is 1. The second-order valence-corrected chi connectivity index (χ2v) is 7.94. The Kier molecular flexibility index (Phi) is 7.35. The van der Waals surface area contributed by atoms with Crippen molar-refractivity contribution in [3.8, 4) is 5.75 Å². The summed E-state index contributed by atoms with van der Waals surface area (Å²) in [5.41, 5.74) is 1.06. The molecule has 0 aliphatic carbocycles. The molecule has 2 N–H and O–H groups in total. The highest BCUT2D eigenvalue weighted by molar-refractivity contribution is 7.89. The molecule has 2 aromatic rings. The van der Waals surface area contributed by atoms with Gasteiger partial charge in [-0.1, -0.05) is 12.1 Å². The molecular weight excluding hydrogens is 396 g/mol. The maximum Gasteiger partial charge on any atom is 0.339 e. The average molecular weight is 420 g/mol. The molecule has 29 heavy (non-hydrogen) atoms. The zero-order valence-electron chi connectivity index (χ0n) is 16.7. The Labute approximate surface area is 170 Å². The Morgan fingerprint density at radius 2 is 1.83 bits per heavy atom. The molecule has 0 unspecified atom stereocenters. The number of carbonyl (C=O) groups is 2. The van der Waals surface area contributed by atoms with Crippen LogP contribution in [-0.4, -0.2) is 40.1 Å². The van der Waals surface area contributed by atoms with Crippen LogP contribution in [-0.2, 0) is 19.6 Å². The van der Waals surface area contributed by atoms with Crippen LogP contribution in [0.1, 0.15) is 29.8 Å². The lowest BCUT2D eigenvalue weighted by Gasteiger charge is -2.16. The van der Waals surface area contributed by atoms with Gasteiger partial charge in [0.2, 0.25) is 15.9 Å². The molecule has 0 aliphatic rings. The zero-order chi connectivity index (χ0) is 21.6. The molecule has 2 aromatic carbocycles. The number of ether oxygens (including phenoxy) is 2. The molecule has 0 bridgehead atoms. The molecule has 156 valence electrons. The van der Waals surface area contributed by atoms with Gasteiger partial charge in [-0.15, -0.1) is 0 Å². The van der Waals surface area contributed by atoms with E-state index >= 15 is 0 Å². The number of anilines is 1. The largest absolute Gasteiger partial charge is 0.494 e. The molecule has 0 saturated carbocycles. The number of nitrogens with one attached hydrogen (secondary N) is 2. The van der Waals surface area contributed by atoms with E-state index in [2.05, 4.69) is 14.8 Å². The van der Waals surface area contributed by atoms with E-state index in [1.54, 1.807) is 25.1 Å². The van der Waals surface area contributed by atoms with E-state index < -0.39 is 27.9 Å². The highest BCUT2D eigenvalue weighted by Crippen LogP contribution is 2.22. The van der Waals surface area contributed by atoms with Gasteiger partial charge in [0.15, 0.2) is 0 Å². The van der Waals surface area contributed by atoms with E-state index in [1.807, 2.05) is 6.92 Å². The summed E-state index contributed by atoms with van der Waals surface area (Å²) in [6.45, 7) is 5.46. The summed E-state index contributed by atoms with van der Waals surface area (Å²) in [6.07, 6.45) is 0. The van der Waals surface area contributed by atoms with E-state index in [0.717, 1.165) is 0 Å². The van der Waals surface area contributed by atoms with Crippen molar-refractivity contribution >= 4 is 27.6 Å². The molecule has 0 radical (unpaired) electrons. The quantitative estimate of drug-likeness (QED) is 0.635. The van der Waals surface area contributed by atoms with Crippen LogP contribution in [0.15, 0.2) is 47.4 Å². The van der Waals surface area contributed by atoms with Gasteiger partial charge in [0.25, 0.3) is 0 Å². The molecule has 8 nitrogen and oxygen atoms in total. The van der Waals surface area contributed by atoms with E-state index in [-0.39, 0.29) is 16.1 Å². The fourth-order valence-electron chi connectivity index (χ4n) is 2.58. The predicted molar refractivity (Wildman–Crippen MR) is 109 cm³/mol. The van der Waals surface area contributed by atoms with Crippen molar-refractivity contribution < 1.29 is 27.5 Å².